The minimum Gasteiger partial charge on any atom is -0.383 e. The lowest BCUT2D eigenvalue weighted by Crippen LogP contribution is -2.35. The molecule has 0 aromatic heterocycles. The highest BCUT2D eigenvalue weighted by Crippen LogP contribution is 2.21. The number of carbonyl (C=O) groups is 1. The lowest BCUT2D eigenvalue weighted by Gasteiger charge is -2.21. The van der Waals surface area contributed by atoms with Crippen LogP contribution in [0.25, 0.3) is 0 Å². The smallest absolute Gasteiger partial charge is 0.383 e. The third kappa shape index (κ3) is 7.92. The number of halogens is 4. The summed E-state index contributed by atoms with van der Waals surface area (Å²) in [5, 5.41) is 0.536. The maximum atomic E-state index is 11.9. The number of alkyl halides is 4. The zero-order valence-electron chi connectivity index (χ0n) is 9.02. The predicted octanol–water partition coefficient (Wildman–Crippen LogP) is 2.20. The lowest BCUT2D eigenvalue weighted by atomic mass is 10.2. The van der Waals surface area contributed by atoms with Gasteiger partial charge >= 0.3 is 6.18 Å². The molecule has 0 saturated carbocycles. The number of carbonyl (C=O) groups excluding carboxylic acids is 1. The van der Waals surface area contributed by atoms with E-state index >= 15 is 0 Å². The summed E-state index contributed by atoms with van der Waals surface area (Å²) < 4.78 is 40.5. The number of methoxy groups -OCH3 is 1. The zero-order valence-corrected chi connectivity index (χ0v) is 10.6. The standard InChI is InChI=1S/C9H15BrF3NO2/c1-16-7-6-14(5-4-10)8(15)2-3-9(11,12)13/h2-7H2,1H3. The van der Waals surface area contributed by atoms with E-state index in [0.717, 1.165) is 0 Å². The Hall–Kier alpha value is -0.300. The molecule has 0 rings (SSSR count). The van der Waals surface area contributed by atoms with Gasteiger partial charge in [-0.05, 0) is 0 Å². The molecule has 0 radical (unpaired) electrons. The molecule has 0 bridgehead atoms. The van der Waals surface area contributed by atoms with Gasteiger partial charge in [0.15, 0.2) is 0 Å². The maximum absolute atomic E-state index is 11.9. The van der Waals surface area contributed by atoms with Gasteiger partial charge in [0.25, 0.3) is 0 Å². The second-order valence-corrected chi connectivity index (χ2v) is 3.97. The second-order valence-electron chi connectivity index (χ2n) is 3.18. The first-order valence-electron chi connectivity index (χ1n) is 4.80. The molecule has 0 aromatic carbocycles. The normalized spacial score (nSPS) is 11.6. The summed E-state index contributed by atoms with van der Waals surface area (Å²) in [6.45, 7) is 1.03. The van der Waals surface area contributed by atoms with Crippen LogP contribution in [0, 0.1) is 0 Å². The van der Waals surface area contributed by atoms with Gasteiger partial charge in [0, 0.05) is 32.0 Å². The van der Waals surface area contributed by atoms with Gasteiger partial charge in [0.05, 0.1) is 13.0 Å². The van der Waals surface area contributed by atoms with Crippen LogP contribution in [-0.2, 0) is 9.53 Å². The van der Waals surface area contributed by atoms with Crippen molar-refractivity contribution in [3.05, 3.63) is 0 Å². The third-order valence-electron chi connectivity index (χ3n) is 1.89. The Morgan fingerprint density at radius 2 is 2.00 bits per heavy atom. The van der Waals surface area contributed by atoms with Gasteiger partial charge < -0.3 is 9.64 Å². The Morgan fingerprint density at radius 3 is 2.44 bits per heavy atom. The monoisotopic (exact) mass is 305 g/mol. The van der Waals surface area contributed by atoms with E-state index in [1.165, 1.54) is 12.0 Å². The summed E-state index contributed by atoms with van der Waals surface area (Å²) >= 11 is 3.14. The van der Waals surface area contributed by atoms with Crippen LogP contribution in [-0.4, -0.2) is 49.1 Å². The Kier molecular flexibility index (Phi) is 7.74. The molecule has 0 aromatic rings. The number of hydrogen-bond acceptors (Lipinski definition) is 2. The van der Waals surface area contributed by atoms with Crippen molar-refractivity contribution in [1.29, 1.82) is 0 Å². The van der Waals surface area contributed by atoms with E-state index in [0.29, 0.717) is 25.0 Å². The molecule has 7 heteroatoms. The first-order chi connectivity index (χ1) is 7.40. The highest BCUT2D eigenvalue weighted by atomic mass is 79.9. The van der Waals surface area contributed by atoms with Crippen LogP contribution < -0.4 is 0 Å². The summed E-state index contributed by atoms with van der Waals surface area (Å²) in [7, 11) is 1.48. The van der Waals surface area contributed by atoms with Crippen molar-refractivity contribution < 1.29 is 22.7 Å². The van der Waals surface area contributed by atoms with E-state index in [-0.39, 0.29) is 0 Å². The fourth-order valence-corrected chi connectivity index (χ4v) is 1.50. The number of ether oxygens (including phenoxy) is 1. The van der Waals surface area contributed by atoms with E-state index in [1.807, 2.05) is 0 Å². The molecule has 96 valence electrons. The quantitative estimate of drug-likeness (QED) is 0.675. The Labute approximate surface area is 101 Å². The topological polar surface area (TPSA) is 29.5 Å². The number of rotatable bonds is 7. The zero-order chi connectivity index (χ0) is 12.6. The average molecular weight is 306 g/mol. The van der Waals surface area contributed by atoms with Crippen molar-refractivity contribution in [2.24, 2.45) is 0 Å². The number of amides is 1. The Balaban J connectivity index is 4.05. The van der Waals surface area contributed by atoms with Crippen LogP contribution in [0.3, 0.4) is 0 Å². The van der Waals surface area contributed by atoms with Crippen LogP contribution in [0.5, 0.6) is 0 Å². The summed E-state index contributed by atoms with van der Waals surface area (Å²) in [5.74, 6) is -0.492. The highest BCUT2D eigenvalue weighted by Gasteiger charge is 2.28. The number of nitrogens with zero attached hydrogens (tertiary/aromatic N) is 1. The molecule has 0 fully saturated rings. The molecule has 0 aliphatic heterocycles. The molecule has 0 unspecified atom stereocenters. The summed E-state index contributed by atoms with van der Waals surface area (Å²) in [5.41, 5.74) is 0. The minimum absolute atomic E-state index is 0.318. The number of hydrogen-bond donors (Lipinski definition) is 0. The molecule has 0 spiro atoms. The van der Waals surface area contributed by atoms with Crippen molar-refractivity contribution in [3.63, 3.8) is 0 Å². The Bertz CT molecular complexity index is 211. The van der Waals surface area contributed by atoms with E-state index in [1.54, 1.807) is 0 Å². The summed E-state index contributed by atoms with van der Waals surface area (Å²) in [6, 6.07) is 0. The van der Waals surface area contributed by atoms with Crippen molar-refractivity contribution >= 4 is 21.8 Å². The fraction of sp³-hybridized carbons (Fsp3) is 0.889. The van der Waals surface area contributed by atoms with Crippen LogP contribution in [0.2, 0.25) is 0 Å². The molecular formula is C9H15BrF3NO2. The van der Waals surface area contributed by atoms with Crippen LogP contribution in [0.1, 0.15) is 12.8 Å². The molecule has 0 heterocycles. The van der Waals surface area contributed by atoms with E-state index < -0.39 is 24.9 Å². The van der Waals surface area contributed by atoms with Crippen LogP contribution >= 0.6 is 15.9 Å². The first kappa shape index (κ1) is 15.7. The Morgan fingerprint density at radius 1 is 1.38 bits per heavy atom. The molecule has 1 amide bonds. The third-order valence-corrected chi connectivity index (χ3v) is 2.25. The molecule has 0 aliphatic carbocycles. The fourth-order valence-electron chi connectivity index (χ4n) is 1.07. The predicted molar refractivity (Wildman–Crippen MR) is 57.5 cm³/mol. The van der Waals surface area contributed by atoms with Gasteiger partial charge in [-0.2, -0.15) is 13.2 Å². The van der Waals surface area contributed by atoms with Gasteiger partial charge in [-0.3, -0.25) is 4.79 Å². The van der Waals surface area contributed by atoms with Crippen molar-refractivity contribution in [3.8, 4) is 0 Å². The molecule has 3 nitrogen and oxygen atoms in total. The average Bonchev–Trinajstić information content (AvgIpc) is 2.19. The van der Waals surface area contributed by atoms with Gasteiger partial charge in [-0.15, -0.1) is 0 Å². The summed E-state index contributed by atoms with van der Waals surface area (Å²) in [4.78, 5) is 12.8. The molecule has 16 heavy (non-hydrogen) atoms. The molecular weight excluding hydrogens is 291 g/mol. The van der Waals surface area contributed by atoms with Gasteiger partial charge in [0.2, 0.25) is 5.91 Å². The van der Waals surface area contributed by atoms with E-state index in [9.17, 15) is 18.0 Å². The SMILES string of the molecule is COCCN(CCBr)C(=O)CCC(F)(F)F. The summed E-state index contributed by atoms with van der Waals surface area (Å²) in [6.07, 6.45) is -5.85. The molecule has 0 aliphatic rings. The van der Waals surface area contributed by atoms with Gasteiger partial charge in [-0.25, -0.2) is 0 Å². The van der Waals surface area contributed by atoms with Gasteiger partial charge in [-0.1, -0.05) is 15.9 Å². The van der Waals surface area contributed by atoms with Crippen molar-refractivity contribution in [2.45, 2.75) is 19.0 Å². The second kappa shape index (κ2) is 7.89. The minimum atomic E-state index is -4.28. The van der Waals surface area contributed by atoms with Crippen LogP contribution in [0.15, 0.2) is 0 Å². The molecule has 0 N–H and O–H groups in total. The highest BCUT2D eigenvalue weighted by molar-refractivity contribution is 9.09. The maximum Gasteiger partial charge on any atom is 0.389 e. The van der Waals surface area contributed by atoms with Crippen molar-refractivity contribution in [2.75, 3.05) is 32.1 Å². The van der Waals surface area contributed by atoms with Gasteiger partial charge in [0.1, 0.15) is 0 Å². The first-order valence-corrected chi connectivity index (χ1v) is 5.92. The molecule has 0 atom stereocenters. The van der Waals surface area contributed by atoms with E-state index in [4.69, 9.17) is 4.74 Å². The van der Waals surface area contributed by atoms with Crippen LogP contribution in [0.4, 0.5) is 13.2 Å². The molecule has 0 saturated heterocycles. The lowest BCUT2D eigenvalue weighted by molar-refractivity contribution is -0.149. The largest absolute Gasteiger partial charge is 0.389 e. The van der Waals surface area contributed by atoms with E-state index in [2.05, 4.69) is 15.9 Å². The van der Waals surface area contributed by atoms with Crippen molar-refractivity contribution in [1.82, 2.24) is 4.90 Å².